The number of nitrogens with zero attached hydrogens (tertiary/aromatic N) is 3. The number of benzene rings is 2. The zero-order valence-corrected chi connectivity index (χ0v) is 20.9. The molecule has 1 atom stereocenters. The van der Waals surface area contributed by atoms with Crippen molar-refractivity contribution in [2.45, 2.75) is 38.1 Å². The van der Waals surface area contributed by atoms with Gasteiger partial charge in [-0.15, -0.1) is 21.5 Å². The molecule has 2 aromatic heterocycles. The summed E-state index contributed by atoms with van der Waals surface area (Å²) in [6.45, 7) is 7.96. The summed E-state index contributed by atoms with van der Waals surface area (Å²) < 4.78 is 7.56. The molecule has 6 nitrogen and oxygen atoms in total. The molecule has 4 aromatic rings. The van der Waals surface area contributed by atoms with E-state index in [4.69, 9.17) is 4.74 Å². The van der Waals surface area contributed by atoms with Gasteiger partial charge < -0.3 is 10.1 Å². The number of aromatic nitrogens is 3. The second-order valence-electron chi connectivity index (χ2n) is 7.81. The van der Waals surface area contributed by atoms with E-state index >= 15 is 0 Å². The highest BCUT2D eigenvalue weighted by molar-refractivity contribution is 8.00. The van der Waals surface area contributed by atoms with Crippen LogP contribution in [0.1, 0.15) is 23.6 Å². The molecule has 0 aliphatic carbocycles. The first kappa shape index (κ1) is 23.1. The molecule has 2 heterocycles. The zero-order valence-electron chi connectivity index (χ0n) is 19.2. The van der Waals surface area contributed by atoms with Gasteiger partial charge in [-0.25, -0.2) is 0 Å². The monoisotopic (exact) mass is 478 g/mol. The molecule has 2 aromatic carbocycles. The predicted molar refractivity (Wildman–Crippen MR) is 136 cm³/mol. The predicted octanol–water partition coefficient (Wildman–Crippen LogP) is 6.05. The third-order valence-corrected chi connectivity index (χ3v) is 7.19. The lowest BCUT2D eigenvalue weighted by Gasteiger charge is -2.17. The topological polar surface area (TPSA) is 69.0 Å². The summed E-state index contributed by atoms with van der Waals surface area (Å²) in [6.07, 6.45) is 0. The molecule has 0 spiro atoms. The van der Waals surface area contributed by atoms with Crippen molar-refractivity contribution in [1.82, 2.24) is 14.8 Å². The first-order chi connectivity index (χ1) is 15.9. The van der Waals surface area contributed by atoms with Crippen molar-refractivity contribution < 1.29 is 9.53 Å². The Kier molecular flexibility index (Phi) is 6.85. The van der Waals surface area contributed by atoms with Gasteiger partial charge in [0.25, 0.3) is 0 Å². The summed E-state index contributed by atoms with van der Waals surface area (Å²) in [5, 5.41) is 14.3. The molecule has 33 heavy (non-hydrogen) atoms. The van der Waals surface area contributed by atoms with Crippen LogP contribution in [0.5, 0.6) is 5.75 Å². The van der Waals surface area contributed by atoms with Gasteiger partial charge in [0, 0.05) is 5.69 Å². The minimum absolute atomic E-state index is 0.0812. The summed E-state index contributed by atoms with van der Waals surface area (Å²) in [4.78, 5) is 14.1. The lowest BCUT2D eigenvalue weighted by atomic mass is 10.1. The Bertz CT molecular complexity index is 1260. The molecule has 4 rings (SSSR count). The molecular formula is C25H26N4O2S2. The van der Waals surface area contributed by atoms with Crippen molar-refractivity contribution in [2.24, 2.45) is 0 Å². The van der Waals surface area contributed by atoms with E-state index in [0.717, 1.165) is 33.2 Å². The van der Waals surface area contributed by atoms with Crippen LogP contribution in [-0.2, 0) is 4.79 Å². The van der Waals surface area contributed by atoms with Crippen LogP contribution in [0.2, 0.25) is 0 Å². The molecule has 0 aliphatic heterocycles. The van der Waals surface area contributed by atoms with Crippen molar-refractivity contribution in [2.75, 3.05) is 12.4 Å². The summed E-state index contributed by atoms with van der Waals surface area (Å²) >= 11 is 2.96. The molecule has 1 amide bonds. The number of thiophene rings is 1. The van der Waals surface area contributed by atoms with E-state index in [1.807, 2.05) is 67.1 Å². The number of nitrogens with one attached hydrogen (secondary N) is 1. The van der Waals surface area contributed by atoms with Crippen LogP contribution in [0.25, 0.3) is 16.4 Å². The van der Waals surface area contributed by atoms with Crippen molar-refractivity contribution in [3.05, 3.63) is 70.6 Å². The average molecular weight is 479 g/mol. The summed E-state index contributed by atoms with van der Waals surface area (Å²) in [5.74, 6) is 1.34. The van der Waals surface area contributed by atoms with Crippen molar-refractivity contribution in [1.29, 1.82) is 0 Å². The molecule has 0 saturated heterocycles. The fourth-order valence-corrected chi connectivity index (χ4v) is 5.32. The lowest BCUT2D eigenvalue weighted by Crippen LogP contribution is -2.24. The fraction of sp³-hybridized carbons (Fsp3) is 0.240. The Hall–Kier alpha value is -3.10. The number of methoxy groups -OCH3 is 1. The van der Waals surface area contributed by atoms with Crippen LogP contribution < -0.4 is 10.1 Å². The average Bonchev–Trinajstić information content (AvgIpc) is 3.46. The minimum atomic E-state index is -0.390. The second-order valence-corrected chi connectivity index (χ2v) is 10.1. The number of aryl methyl sites for hydroxylation is 3. The maximum atomic E-state index is 13.1. The Morgan fingerprint density at radius 3 is 2.48 bits per heavy atom. The third-order valence-electron chi connectivity index (χ3n) is 5.28. The van der Waals surface area contributed by atoms with E-state index in [2.05, 4.69) is 34.6 Å². The van der Waals surface area contributed by atoms with Gasteiger partial charge in [-0.05, 0) is 62.4 Å². The SMILES string of the molecule is COc1ccccc1-n1c(S[C@@H](C)C(=O)Nc2c(C)cc(C)cc2C)nnc1-c1cccs1. The molecular weight excluding hydrogens is 452 g/mol. The van der Waals surface area contributed by atoms with E-state index in [0.29, 0.717) is 10.9 Å². The number of para-hydroxylation sites is 2. The van der Waals surface area contributed by atoms with Crippen LogP contribution in [0, 0.1) is 20.8 Å². The Balaban J connectivity index is 1.66. The van der Waals surface area contributed by atoms with E-state index in [1.54, 1.807) is 18.4 Å². The zero-order chi connectivity index (χ0) is 23.5. The van der Waals surface area contributed by atoms with Gasteiger partial charge >= 0.3 is 0 Å². The molecule has 170 valence electrons. The molecule has 0 saturated carbocycles. The van der Waals surface area contributed by atoms with Crippen molar-refractivity contribution in [3.8, 4) is 22.1 Å². The Morgan fingerprint density at radius 2 is 1.82 bits per heavy atom. The number of ether oxygens (including phenoxy) is 1. The number of amides is 1. The molecule has 0 bridgehead atoms. The van der Waals surface area contributed by atoms with Crippen LogP contribution in [0.15, 0.2) is 59.1 Å². The van der Waals surface area contributed by atoms with E-state index in [-0.39, 0.29) is 11.2 Å². The number of carbonyl (C=O) groups is 1. The first-order valence-corrected chi connectivity index (χ1v) is 12.3. The van der Waals surface area contributed by atoms with Gasteiger partial charge in [0.15, 0.2) is 11.0 Å². The Labute approximate surface area is 202 Å². The molecule has 1 N–H and O–H groups in total. The third kappa shape index (κ3) is 4.82. The fourth-order valence-electron chi connectivity index (χ4n) is 3.76. The lowest BCUT2D eigenvalue weighted by molar-refractivity contribution is -0.115. The smallest absolute Gasteiger partial charge is 0.237 e. The molecule has 8 heteroatoms. The van der Waals surface area contributed by atoms with Gasteiger partial charge in [-0.1, -0.05) is 47.7 Å². The largest absolute Gasteiger partial charge is 0.495 e. The molecule has 0 fully saturated rings. The van der Waals surface area contributed by atoms with E-state index < -0.39 is 0 Å². The van der Waals surface area contributed by atoms with Gasteiger partial charge in [0.05, 0.1) is 22.9 Å². The van der Waals surface area contributed by atoms with Crippen LogP contribution in [0.3, 0.4) is 0 Å². The number of hydrogen-bond donors (Lipinski definition) is 1. The normalized spacial score (nSPS) is 11.9. The van der Waals surface area contributed by atoms with Crippen LogP contribution >= 0.6 is 23.1 Å². The number of anilines is 1. The van der Waals surface area contributed by atoms with E-state index in [9.17, 15) is 4.79 Å². The number of hydrogen-bond acceptors (Lipinski definition) is 6. The molecule has 0 radical (unpaired) electrons. The highest BCUT2D eigenvalue weighted by Gasteiger charge is 2.24. The van der Waals surface area contributed by atoms with Crippen molar-refractivity contribution >= 4 is 34.7 Å². The highest BCUT2D eigenvalue weighted by atomic mass is 32.2. The molecule has 0 aliphatic rings. The van der Waals surface area contributed by atoms with Crippen LogP contribution in [-0.4, -0.2) is 33.0 Å². The number of rotatable bonds is 7. The maximum absolute atomic E-state index is 13.1. The summed E-state index contributed by atoms with van der Waals surface area (Å²) in [7, 11) is 1.64. The van der Waals surface area contributed by atoms with Crippen molar-refractivity contribution in [3.63, 3.8) is 0 Å². The summed E-state index contributed by atoms with van der Waals surface area (Å²) in [6, 6.07) is 15.9. The minimum Gasteiger partial charge on any atom is -0.495 e. The standard InChI is InChI=1S/C25H26N4O2S2/c1-15-13-16(2)22(17(3)14-15)26-24(30)18(4)33-25-28-27-23(21-11-8-12-32-21)29(25)19-9-6-7-10-20(19)31-5/h6-14,18H,1-5H3,(H,26,30)/t18-/m0/s1. The number of thioether (sulfide) groups is 1. The van der Waals surface area contributed by atoms with Gasteiger partial charge in [0.2, 0.25) is 5.91 Å². The maximum Gasteiger partial charge on any atom is 0.237 e. The first-order valence-electron chi connectivity index (χ1n) is 10.6. The molecule has 0 unspecified atom stereocenters. The highest BCUT2D eigenvalue weighted by Crippen LogP contribution is 2.35. The van der Waals surface area contributed by atoms with Gasteiger partial charge in [-0.2, -0.15) is 0 Å². The van der Waals surface area contributed by atoms with Crippen LogP contribution in [0.4, 0.5) is 5.69 Å². The van der Waals surface area contributed by atoms with E-state index in [1.165, 1.54) is 17.3 Å². The second kappa shape index (κ2) is 9.80. The van der Waals surface area contributed by atoms with Gasteiger partial charge in [-0.3, -0.25) is 9.36 Å². The summed E-state index contributed by atoms with van der Waals surface area (Å²) in [5.41, 5.74) is 4.97. The quantitative estimate of drug-likeness (QED) is 0.328. The van der Waals surface area contributed by atoms with Gasteiger partial charge in [0.1, 0.15) is 5.75 Å². The number of carbonyl (C=O) groups excluding carboxylic acids is 1. The Morgan fingerprint density at radius 1 is 1.09 bits per heavy atom.